The predicted molar refractivity (Wildman–Crippen MR) is 249 cm³/mol. The van der Waals surface area contributed by atoms with Crippen LogP contribution in [-0.2, 0) is 9.59 Å². The van der Waals surface area contributed by atoms with Crippen molar-refractivity contribution in [2.45, 2.75) is 83.1 Å². The molecule has 2 aliphatic rings. The molecule has 4 aromatic rings. The first-order valence-corrected chi connectivity index (χ1v) is 21.3. The van der Waals surface area contributed by atoms with Crippen LogP contribution >= 0.6 is 31.9 Å². The average molecular weight is 917 g/mol. The number of halogens is 2. The Balaban J connectivity index is 1.36. The lowest BCUT2D eigenvalue weighted by atomic mass is 9.72. The Kier molecular flexibility index (Phi) is 12.1. The van der Waals surface area contributed by atoms with E-state index >= 15 is 0 Å². The van der Waals surface area contributed by atoms with Crippen LogP contribution in [0.4, 0.5) is 11.4 Å². The van der Waals surface area contributed by atoms with Crippen molar-refractivity contribution in [3.8, 4) is 11.5 Å². The molecule has 0 unspecified atom stereocenters. The molecular weight excluding hydrogens is 864 g/mol. The van der Waals surface area contributed by atoms with Crippen LogP contribution in [0.3, 0.4) is 0 Å². The minimum Gasteiger partial charge on any atom is -0.456 e. The smallest absolute Gasteiger partial charge is 0.186 e. The Hall–Kier alpha value is -4.86. The summed E-state index contributed by atoms with van der Waals surface area (Å²) in [5, 5.41) is 21.9. The monoisotopic (exact) mass is 914 g/mol. The van der Waals surface area contributed by atoms with Crippen molar-refractivity contribution in [3.05, 3.63) is 140 Å². The third-order valence-corrected chi connectivity index (χ3v) is 11.5. The van der Waals surface area contributed by atoms with E-state index in [1.165, 1.54) is 0 Å². The number of azo groups is 2. The molecule has 0 N–H and O–H groups in total. The van der Waals surface area contributed by atoms with Crippen molar-refractivity contribution in [2.75, 3.05) is 0 Å². The predicted octanol–water partition coefficient (Wildman–Crippen LogP) is 16.3. The van der Waals surface area contributed by atoms with Gasteiger partial charge in [0.15, 0.2) is 11.6 Å². The maximum absolute atomic E-state index is 13.4. The van der Waals surface area contributed by atoms with Crippen LogP contribution in [-0.4, -0.2) is 11.6 Å². The fraction of sp³-hybridized carbons (Fsp3) is 0.320. The maximum Gasteiger partial charge on any atom is 0.186 e. The number of ether oxygens (including phenoxy) is 1. The average Bonchev–Trinajstić information content (AvgIpc) is 3.13. The zero-order chi connectivity index (χ0) is 43.2. The summed E-state index contributed by atoms with van der Waals surface area (Å²) in [6.45, 7) is 24.6. The van der Waals surface area contributed by atoms with Gasteiger partial charge in [-0.3, -0.25) is 9.59 Å². The summed E-state index contributed by atoms with van der Waals surface area (Å²) >= 11 is 7.53. The second-order valence-corrected chi connectivity index (χ2v) is 20.9. The number of hydrogen-bond acceptors (Lipinski definition) is 7. The van der Waals surface area contributed by atoms with E-state index in [-0.39, 0.29) is 33.2 Å². The van der Waals surface area contributed by atoms with Gasteiger partial charge in [0.1, 0.15) is 22.9 Å². The van der Waals surface area contributed by atoms with Crippen molar-refractivity contribution < 1.29 is 14.3 Å². The van der Waals surface area contributed by atoms with Crippen molar-refractivity contribution in [1.82, 2.24) is 0 Å². The number of rotatable bonds is 6. The van der Waals surface area contributed by atoms with Gasteiger partial charge in [-0.05, 0) is 101 Å². The molecule has 9 heteroatoms. The van der Waals surface area contributed by atoms with Crippen molar-refractivity contribution in [2.24, 2.45) is 42.1 Å². The lowest BCUT2D eigenvalue weighted by Crippen LogP contribution is -2.27. The van der Waals surface area contributed by atoms with Gasteiger partial charge in [-0.1, -0.05) is 132 Å². The van der Waals surface area contributed by atoms with Crippen LogP contribution in [0.2, 0.25) is 0 Å². The summed E-state index contributed by atoms with van der Waals surface area (Å²) in [5.74, 6) is 1.43. The van der Waals surface area contributed by atoms with Crippen LogP contribution in [0.15, 0.2) is 160 Å². The molecular formula is C50H52Br2N4O3. The van der Waals surface area contributed by atoms with E-state index in [2.05, 4.69) is 135 Å². The zero-order valence-electron chi connectivity index (χ0n) is 36.0. The van der Waals surface area contributed by atoms with E-state index in [1.807, 2.05) is 85.0 Å². The highest BCUT2D eigenvalue weighted by Gasteiger charge is 2.35. The number of benzene rings is 4. The fourth-order valence-electron chi connectivity index (χ4n) is 7.07. The summed E-state index contributed by atoms with van der Waals surface area (Å²) in [6, 6.07) is 19.7. The molecule has 0 saturated carbocycles. The maximum atomic E-state index is 13.4. The molecule has 0 heterocycles. The van der Waals surface area contributed by atoms with E-state index in [0.717, 1.165) is 55.0 Å². The van der Waals surface area contributed by atoms with Gasteiger partial charge in [0.2, 0.25) is 0 Å². The van der Waals surface area contributed by atoms with Crippen molar-refractivity contribution in [3.63, 3.8) is 0 Å². The van der Waals surface area contributed by atoms with Crippen LogP contribution in [0.25, 0.3) is 21.5 Å². The lowest BCUT2D eigenvalue weighted by molar-refractivity contribution is -0.114. The normalized spacial score (nSPS) is 15.9. The topological polar surface area (TPSA) is 92.8 Å². The molecule has 0 saturated heterocycles. The van der Waals surface area contributed by atoms with Gasteiger partial charge in [-0.2, -0.15) is 10.2 Å². The van der Waals surface area contributed by atoms with E-state index in [1.54, 1.807) is 12.4 Å². The molecule has 7 nitrogen and oxygen atoms in total. The third kappa shape index (κ3) is 9.47. The Morgan fingerprint density at radius 3 is 1.05 bits per heavy atom. The molecule has 304 valence electrons. The van der Waals surface area contributed by atoms with E-state index in [4.69, 9.17) is 4.74 Å². The second kappa shape index (κ2) is 16.3. The minimum absolute atomic E-state index is 0.0777. The molecule has 0 atom stereocenters. The Labute approximate surface area is 365 Å². The summed E-state index contributed by atoms with van der Waals surface area (Å²) in [5.41, 5.74) is 4.69. The number of hydrogen-bond donors (Lipinski definition) is 0. The zero-order valence-corrected chi connectivity index (χ0v) is 39.2. The highest BCUT2D eigenvalue weighted by atomic mass is 79.9. The first-order valence-electron chi connectivity index (χ1n) is 19.8. The summed E-state index contributed by atoms with van der Waals surface area (Å²) in [6.07, 6.45) is 11.1. The first-order chi connectivity index (χ1) is 27.4. The number of ketones is 2. The van der Waals surface area contributed by atoms with Crippen LogP contribution < -0.4 is 4.74 Å². The standard InChI is InChI=1S/C50H52Br2N4O3/c1-47(2,3)35-21-29(22-36(45(35)57)48(4,5)6)27-53-55-43-33-19-15-13-17-31(33)41(25-39(43)51)59-42-26-40(52)44(34-20-16-14-18-32(34)42)56-54-28-30-23-37(49(7,8)9)46(58)38(24-30)50(10,11)12/h13-28H,1-12H3. The molecule has 2 aliphatic carbocycles. The largest absolute Gasteiger partial charge is 0.456 e. The van der Waals surface area contributed by atoms with Crippen molar-refractivity contribution >= 4 is 76.3 Å². The highest BCUT2D eigenvalue weighted by molar-refractivity contribution is 9.11. The molecule has 4 aromatic carbocycles. The number of carbonyl (C=O) groups is 2. The molecule has 0 bridgehead atoms. The molecule has 59 heavy (non-hydrogen) atoms. The molecule has 0 amide bonds. The first kappa shape index (κ1) is 43.7. The molecule has 0 spiro atoms. The number of Topliss-reactive ketones (excluding diaryl/α,β-unsaturated/α-hetero) is 2. The minimum atomic E-state index is -0.322. The van der Waals surface area contributed by atoms with E-state index in [9.17, 15) is 9.59 Å². The van der Waals surface area contributed by atoms with Gasteiger partial charge in [-0.15, -0.1) is 10.2 Å². The van der Waals surface area contributed by atoms with Gasteiger partial charge in [0, 0.05) is 52.8 Å². The van der Waals surface area contributed by atoms with E-state index < -0.39 is 0 Å². The quantitative estimate of drug-likeness (QED) is 0.180. The number of allylic oxidation sites excluding steroid dienone is 10. The molecule has 0 aliphatic heterocycles. The highest BCUT2D eigenvalue weighted by Crippen LogP contribution is 2.46. The number of nitrogens with zero attached hydrogens (tertiary/aromatic N) is 4. The van der Waals surface area contributed by atoms with E-state index in [0.29, 0.717) is 31.8 Å². The van der Waals surface area contributed by atoms with Gasteiger partial charge in [-0.25, -0.2) is 0 Å². The fourth-order valence-corrected chi connectivity index (χ4v) is 8.07. The lowest BCUT2D eigenvalue weighted by Gasteiger charge is -2.31. The number of carbonyl (C=O) groups excluding carboxylic acids is 2. The third-order valence-electron chi connectivity index (χ3n) is 10.3. The SMILES string of the molecule is CC(C)(C)C1=CC(=CN=Nc2c(Br)cc(Oc3cc(Br)c(N=NC=C4C=C(C(C)(C)C)C(=O)C(C(C)(C)C)=C4)c4ccccc34)c3ccccc23)C=C(C(C)(C)C)C1=O. The molecule has 6 rings (SSSR count). The second-order valence-electron chi connectivity index (χ2n) is 19.2. The Bertz CT molecular complexity index is 2410. The van der Waals surface area contributed by atoms with Gasteiger partial charge >= 0.3 is 0 Å². The van der Waals surface area contributed by atoms with Gasteiger partial charge in [0.25, 0.3) is 0 Å². The van der Waals surface area contributed by atoms with Crippen LogP contribution in [0, 0.1) is 21.7 Å². The van der Waals surface area contributed by atoms with Crippen LogP contribution in [0.1, 0.15) is 83.1 Å². The summed E-state index contributed by atoms with van der Waals surface area (Å²) < 4.78 is 8.17. The molecule has 0 aromatic heterocycles. The van der Waals surface area contributed by atoms with Crippen molar-refractivity contribution in [1.29, 1.82) is 0 Å². The molecule has 0 radical (unpaired) electrons. The summed E-state index contributed by atoms with van der Waals surface area (Å²) in [4.78, 5) is 26.9. The molecule has 0 fully saturated rings. The Morgan fingerprint density at radius 2 is 0.763 bits per heavy atom. The van der Waals surface area contributed by atoms with Crippen LogP contribution in [0.5, 0.6) is 11.5 Å². The summed E-state index contributed by atoms with van der Waals surface area (Å²) in [7, 11) is 0. The Morgan fingerprint density at radius 1 is 0.475 bits per heavy atom. The number of fused-ring (bicyclic) bond motifs is 2. The van der Waals surface area contributed by atoms with Gasteiger partial charge in [0.05, 0.1) is 12.4 Å². The van der Waals surface area contributed by atoms with Gasteiger partial charge < -0.3 is 4.74 Å².